The molecule has 1 N–H and O–H groups in total. The van der Waals surface area contributed by atoms with E-state index in [-0.39, 0.29) is 24.3 Å². The monoisotopic (exact) mass is 324 g/mol. The first kappa shape index (κ1) is 16.5. The van der Waals surface area contributed by atoms with Crippen LogP contribution in [0.3, 0.4) is 0 Å². The molecule has 0 aromatic rings. The minimum atomic E-state index is -3.16. The van der Waals surface area contributed by atoms with Crippen LogP contribution in [0.1, 0.15) is 38.5 Å². The summed E-state index contributed by atoms with van der Waals surface area (Å²) in [5.41, 5.74) is 0. The Morgan fingerprint density at radius 1 is 1.05 bits per heavy atom. The predicted octanol–water partition coefficient (Wildman–Crippen LogP) is 1.13. The molecule has 0 amide bonds. The van der Waals surface area contributed by atoms with Crippen LogP contribution in [0.5, 0.6) is 0 Å². The van der Waals surface area contributed by atoms with Gasteiger partial charge in [0, 0.05) is 31.8 Å². The van der Waals surface area contributed by atoms with Crippen molar-refractivity contribution in [3.63, 3.8) is 0 Å². The van der Waals surface area contributed by atoms with Gasteiger partial charge in [-0.05, 0) is 32.1 Å². The number of hydrogen-bond donors (Lipinski definition) is 1. The van der Waals surface area contributed by atoms with Crippen molar-refractivity contribution in [1.82, 2.24) is 9.62 Å². The molecule has 3 unspecified atom stereocenters. The maximum absolute atomic E-state index is 12.5. The van der Waals surface area contributed by atoms with Gasteiger partial charge in [0.15, 0.2) is 0 Å². The number of nitrogens with zero attached hydrogens (tertiary/aromatic N) is 1. The Kier molecular flexibility index (Phi) is 5.71. The van der Waals surface area contributed by atoms with Crippen LogP contribution in [0, 0.1) is 0 Å². The normalized spacial score (nSPS) is 35.3. The summed E-state index contributed by atoms with van der Waals surface area (Å²) in [6.45, 7) is 2.00. The fourth-order valence-corrected chi connectivity index (χ4v) is 5.23. The highest BCUT2D eigenvalue weighted by molar-refractivity contribution is 7.89. The molecule has 3 heterocycles. The predicted molar refractivity (Wildman–Crippen MR) is 80.8 cm³/mol. The van der Waals surface area contributed by atoms with Crippen LogP contribution < -0.4 is 5.32 Å². The second kappa shape index (κ2) is 6.92. The molecule has 3 fully saturated rings. The van der Waals surface area contributed by atoms with Crippen LogP contribution in [0.15, 0.2) is 0 Å². The molecule has 5 nitrogen and oxygen atoms in total. The average molecular weight is 325 g/mol. The molecular formula is C13H25ClN2O3S. The maximum atomic E-state index is 12.5. The van der Waals surface area contributed by atoms with Crippen LogP contribution in [-0.4, -0.2) is 56.4 Å². The van der Waals surface area contributed by atoms with Crippen molar-refractivity contribution >= 4 is 22.4 Å². The second-order valence-corrected chi connectivity index (χ2v) is 8.09. The first-order valence-corrected chi connectivity index (χ1v) is 9.10. The van der Waals surface area contributed by atoms with Gasteiger partial charge in [-0.25, -0.2) is 8.42 Å². The lowest BCUT2D eigenvalue weighted by Gasteiger charge is -2.42. The molecule has 0 radical (unpaired) electrons. The zero-order valence-corrected chi connectivity index (χ0v) is 13.4. The van der Waals surface area contributed by atoms with Crippen molar-refractivity contribution in [2.45, 2.75) is 56.7 Å². The molecular weight excluding hydrogens is 300 g/mol. The van der Waals surface area contributed by atoms with Gasteiger partial charge in [-0.1, -0.05) is 6.42 Å². The Hall–Kier alpha value is 0.120. The van der Waals surface area contributed by atoms with Gasteiger partial charge in [-0.15, -0.1) is 12.4 Å². The van der Waals surface area contributed by atoms with E-state index in [0.717, 1.165) is 32.1 Å². The molecule has 7 heteroatoms. The van der Waals surface area contributed by atoms with E-state index in [0.29, 0.717) is 31.8 Å². The second-order valence-electron chi connectivity index (χ2n) is 6.08. The molecule has 0 aromatic heterocycles. The van der Waals surface area contributed by atoms with Gasteiger partial charge in [-0.2, -0.15) is 4.31 Å². The Labute approximate surface area is 127 Å². The lowest BCUT2D eigenvalue weighted by molar-refractivity contribution is 0.0295. The standard InChI is InChI=1S/C13H24N2O3S.ClH/c16-19(17,10-13-6-1-2-7-18-13)15-8-11-4-3-5-12(9-15)14-11;/h11-14H,1-10H2;1H. The lowest BCUT2D eigenvalue weighted by atomic mass is 9.96. The topological polar surface area (TPSA) is 58.6 Å². The number of sulfonamides is 1. The van der Waals surface area contributed by atoms with E-state index in [1.807, 2.05) is 0 Å². The summed E-state index contributed by atoms with van der Waals surface area (Å²) in [7, 11) is -3.16. The molecule has 3 atom stereocenters. The molecule has 3 aliphatic rings. The van der Waals surface area contributed by atoms with E-state index in [1.165, 1.54) is 6.42 Å². The first-order valence-electron chi connectivity index (χ1n) is 7.49. The third-order valence-electron chi connectivity index (χ3n) is 4.49. The average Bonchev–Trinajstić information content (AvgIpc) is 2.39. The van der Waals surface area contributed by atoms with Crippen molar-refractivity contribution < 1.29 is 13.2 Å². The SMILES string of the molecule is Cl.O=S(=O)(CC1CCCCO1)N1CC2CCCC(C1)N2. The quantitative estimate of drug-likeness (QED) is 0.845. The van der Waals surface area contributed by atoms with Crippen molar-refractivity contribution in [2.24, 2.45) is 0 Å². The summed E-state index contributed by atoms with van der Waals surface area (Å²) < 4.78 is 32.3. The van der Waals surface area contributed by atoms with Gasteiger partial charge in [0.2, 0.25) is 10.0 Å². The van der Waals surface area contributed by atoms with Gasteiger partial charge < -0.3 is 10.1 Å². The fraction of sp³-hybridized carbons (Fsp3) is 1.00. The molecule has 0 saturated carbocycles. The number of rotatable bonds is 3. The molecule has 20 heavy (non-hydrogen) atoms. The van der Waals surface area contributed by atoms with Crippen molar-refractivity contribution in [1.29, 1.82) is 0 Å². The molecule has 3 rings (SSSR count). The van der Waals surface area contributed by atoms with Crippen molar-refractivity contribution in [3.8, 4) is 0 Å². The lowest BCUT2D eigenvalue weighted by Crippen LogP contribution is -2.60. The Bertz CT molecular complexity index is 400. The number of ether oxygens (including phenoxy) is 1. The van der Waals surface area contributed by atoms with E-state index >= 15 is 0 Å². The summed E-state index contributed by atoms with van der Waals surface area (Å²) in [6, 6.07) is 0.712. The van der Waals surface area contributed by atoms with Crippen LogP contribution in [0.4, 0.5) is 0 Å². The Balaban J connectivity index is 0.00000147. The van der Waals surface area contributed by atoms with E-state index in [2.05, 4.69) is 5.32 Å². The van der Waals surface area contributed by atoms with E-state index in [1.54, 1.807) is 4.31 Å². The first-order chi connectivity index (χ1) is 9.13. The summed E-state index contributed by atoms with van der Waals surface area (Å²) in [6.07, 6.45) is 6.38. The van der Waals surface area contributed by atoms with Crippen molar-refractivity contribution in [3.05, 3.63) is 0 Å². The van der Waals surface area contributed by atoms with Crippen molar-refractivity contribution in [2.75, 3.05) is 25.4 Å². The van der Waals surface area contributed by atoms with Gasteiger partial charge in [0.05, 0.1) is 11.9 Å². The highest BCUT2D eigenvalue weighted by Crippen LogP contribution is 2.23. The van der Waals surface area contributed by atoms with Gasteiger partial charge in [-0.3, -0.25) is 0 Å². The van der Waals surface area contributed by atoms with Crippen LogP contribution >= 0.6 is 12.4 Å². The third kappa shape index (κ3) is 3.85. The van der Waals surface area contributed by atoms with Crippen LogP contribution in [-0.2, 0) is 14.8 Å². The highest BCUT2D eigenvalue weighted by atomic mass is 35.5. The number of piperidine rings is 1. The summed E-state index contributed by atoms with van der Waals surface area (Å²) in [5.74, 6) is 0.173. The largest absolute Gasteiger partial charge is 0.377 e. The van der Waals surface area contributed by atoms with Gasteiger partial charge in [0.25, 0.3) is 0 Å². The van der Waals surface area contributed by atoms with Crippen LogP contribution in [0.25, 0.3) is 0 Å². The number of piperazine rings is 1. The number of nitrogens with one attached hydrogen (secondary N) is 1. The fourth-order valence-electron chi connectivity index (χ4n) is 3.47. The van der Waals surface area contributed by atoms with E-state index in [9.17, 15) is 8.42 Å². The number of fused-ring (bicyclic) bond motifs is 2. The number of halogens is 1. The molecule has 0 aromatic carbocycles. The van der Waals surface area contributed by atoms with E-state index < -0.39 is 10.0 Å². The minimum absolute atomic E-state index is 0. The molecule has 0 aliphatic carbocycles. The Morgan fingerprint density at radius 3 is 2.35 bits per heavy atom. The molecule has 3 saturated heterocycles. The zero-order chi connectivity index (χ0) is 13.3. The van der Waals surface area contributed by atoms with Crippen LogP contribution in [0.2, 0.25) is 0 Å². The summed E-state index contributed by atoms with van der Waals surface area (Å²) in [4.78, 5) is 0. The summed E-state index contributed by atoms with van der Waals surface area (Å²) in [5, 5.41) is 3.52. The van der Waals surface area contributed by atoms with Gasteiger partial charge in [0.1, 0.15) is 0 Å². The zero-order valence-electron chi connectivity index (χ0n) is 11.8. The molecule has 0 spiro atoms. The van der Waals surface area contributed by atoms with E-state index in [4.69, 9.17) is 4.74 Å². The smallest absolute Gasteiger partial charge is 0.216 e. The highest BCUT2D eigenvalue weighted by Gasteiger charge is 2.36. The minimum Gasteiger partial charge on any atom is -0.377 e. The summed E-state index contributed by atoms with van der Waals surface area (Å²) >= 11 is 0. The molecule has 3 aliphatic heterocycles. The Morgan fingerprint density at radius 2 is 1.75 bits per heavy atom. The molecule has 2 bridgehead atoms. The maximum Gasteiger partial charge on any atom is 0.216 e. The number of hydrogen-bond acceptors (Lipinski definition) is 4. The third-order valence-corrected chi connectivity index (χ3v) is 6.37. The van der Waals surface area contributed by atoms with Gasteiger partial charge >= 0.3 is 0 Å². The molecule has 118 valence electrons.